The van der Waals surface area contributed by atoms with Gasteiger partial charge in [-0.25, -0.2) is 9.78 Å². The molecule has 0 saturated heterocycles. The molecule has 1 amide bonds. The first-order chi connectivity index (χ1) is 16.4. The first-order valence-corrected chi connectivity index (χ1v) is 11.0. The van der Waals surface area contributed by atoms with Crippen LogP contribution in [0.2, 0.25) is 0 Å². The molecule has 9 heteroatoms. The van der Waals surface area contributed by atoms with Crippen molar-refractivity contribution in [3.05, 3.63) is 95.4 Å². The monoisotopic (exact) mass is 473 g/mol. The second-order valence-corrected chi connectivity index (χ2v) is 8.08. The van der Waals surface area contributed by atoms with Gasteiger partial charge in [-0.05, 0) is 48.5 Å². The molecule has 4 rings (SSSR count). The largest absolute Gasteiger partial charge is 0.480 e. The van der Waals surface area contributed by atoms with Crippen molar-refractivity contribution in [1.82, 2.24) is 4.98 Å². The van der Waals surface area contributed by atoms with Crippen LogP contribution in [0.25, 0.3) is 11.3 Å². The summed E-state index contributed by atoms with van der Waals surface area (Å²) < 4.78 is 0. The molecular weight excluding hydrogens is 454 g/mol. The number of aliphatic carboxylic acids is 1. The first-order valence-electron chi connectivity index (χ1n) is 10.2. The lowest BCUT2D eigenvalue weighted by Crippen LogP contribution is -2.24. The van der Waals surface area contributed by atoms with Crippen molar-refractivity contribution < 1.29 is 24.6 Å². The topological polar surface area (TPSA) is 120 Å². The van der Waals surface area contributed by atoms with Crippen LogP contribution in [0.15, 0.2) is 84.2 Å². The highest BCUT2D eigenvalue weighted by Gasteiger charge is 2.18. The Morgan fingerprint density at radius 1 is 0.853 bits per heavy atom. The smallest absolute Gasteiger partial charge is 0.335 e. The molecule has 0 radical (unpaired) electrons. The number of thiazole rings is 1. The van der Waals surface area contributed by atoms with Crippen LogP contribution in [0.1, 0.15) is 20.7 Å². The van der Waals surface area contributed by atoms with Gasteiger partial charge in [-0.15, -0.1) is 11.3 Å². The maximum atomic E-state index is 12.3. The quantitative estimate of drug-likeness (QED) is 0.330. The molecular formula is C25H19N3O5S. The van der Waals surface area contributed by atoms with Gasteiger partial charge in [0.2, 0.25) is 0 Å². The zero-order valence-corrected chi connectivity index (χ0v) is 18.5. The SMILES string of the molecule is O=C(O)CN(c1ccc(C(=O)O)cc1)c1nc(-c2ccc(NC(=O)c3ccccc3)cc2)cs1. The summed E-state index contributed by atoms with van der Waals surface area (Å²) in [6.45, 7) is -0.330. The van der Waals surface area contributed by atoms with E-state index in [0.717, 1.165) is 5.56 Å². The number of carbonyl (C=O) groups is 3. The van der Waals surface area contributed by atoms with Gasteiger partial charge in [-0.3, -0.25) is 9.59 Å². The van der Waals surface area contributed by atoms with Crippen LogP contribution in [-0.2, 0) is 4.79 Å². The van der Waals surface area contributed by atoms with E-state index in [0.29, 0.717) is 27.8 Å². The number of nitrogens with zero attached hydrogens (tertiary/aromatic N) is 2. The van der Waals surface area contributed by atoms with E-state index in [1.807, 2.05) is 23.6 Å². The molecule has 0 spiro atoms. The van der Waals surface area contributed by atoms with Crippen LogP contribution in [0.3, 0.4) is 0 Å². The number of carboxylic acids is 2. The van der Waals surface area contributed by atoms with Gasteiger partial charge in [-0.2, -0.15) is 0 Å². The van der Waals surface area contributed by atoms with Crippen molar-refractivity contribution in [1.29, 1.82) is 0 Å². The summed E-state index contributed by atoms with van der Waals surface area (Å²) >= 11 is 1.28. The number of amides is 1. The molecule has 1 heterocycles. The molecule has 170 valence electrons. The number of anilines is 3. The zero-order chi connectivity index (χ0) is 24.1. The van der Waals surface area contributed by atoms with E-state index in [4.69, 9.17) is 5.11 Å². The lowest BCUT2D eigenvalue weighted by Gasteiger charge is -2.19. The molecule has 8 nitrogen and oxygen atoms in total. The van der Waals surface area contributed by atoms with E-state index >= 15 is 0 Å². The van der Waals surface area contributed by atoms with E-state index in [9.17, 15) is 19.5 Å². The Morgan fingerprint density at radius 3 is 2.15 bits per heavy atom. The highest BCUT2D eigenvalue weighted by atomic mass is 32.1. The van der Waals surface area contributed by atoms with Crippen LogP contribution in [-0.4, -0.2) is 39.6 Å². The van der Waals surface area contributed by atoms with Crippen molar-refractivity contribution >= 4 is 45.7 Å². The number of carbonyl (C=O) groups excluding carboxylic acids is 1. The van der Waals surface area contributed by atoms with Gasteiger partial charge in [0, 0.05) is 27.9 Å². The van der Waals surface area contributed by atoms with Gasteiger partial charge in [-0.1, -0.05) is 30.3 Å². The third kappa shape index (κ3) is 5.28. The van der Waals surface area contributed by atoms with Gasteiger partial charge >= 0.3 is 11.9 Å². The van der Waals surface area contributed by atoms with Gasteiger partial charge < -0.3 is 20.4 Å². The summed E-state index contributed by atoms with van der Waals surface area (Å²) in [5, 5.41) is 23.6. The maximum absolute atomic E-state index is 12.3. The van der Waals surface area contributed by atoms with Gasteiger partial charge in [0.25, 0.3) is 5.91 Å². The first kappa shape index (κ1) is 22.7. The summed E-state index contributed by atoms with van der Waals surface area (Å²) in [5.74, 6) is -2.31. The number of rotatable bonds is 8. The minimum Gasteiger partial charge on any atom is -0.480 e. The molecule has 0 aliphatic carbocycles. The zero-order valence-electron chi connectivity index (χ0n) is 17.7. The van der Waals surface area contributed by atoms with E-state index in [-0.39, 0.29) is 18.0 Å². The fourth-order valence-corrected chi connectivity index (χ4v) is 4.08. The number of carboxylic acid groups (broad SMARTS) is 2. The maximum Gasteiger partial charge on any atom is 0.335 e. The minimum atomic E-state index is -1.06. The summed E-state index contributed by atoms with van der Waals surface area (Å²) in [7, 11) is 0. The molecule has 0 saturated carbocycles. The number of aromatic nitrogens is 1. The van der Waals surface area contributed by atoms with E-state index < -0.39 is 11.9 Å². The van der Waals surface area contributed by atoms with Crippen LogP contribution in [0.5, 0.6) is 0 Å². The third-order valence-electron chi connectivity index (χ3n) is 4.92. The highest BCUT2D eigenvalue weighted by Crippen LogP contribution is 2.32. The molecule has 0 aliphatic heterocycles. The fourth-order valence-electron chi connectivity index (χ4n) is 3.23. The second-order valence-electron chi connectivity index (χ2n) is 7.24. The number of hydrogen-bond donors (Lipinski definition) is 3. The lowest BCUT2D eigenvalue weighted by molar-refractivity contribution is -0.135. The molecule has 4 aromatic rings. The molecule has 0 atom stereocenters. The Bertz CT molecular complexity index is 1320. The number of benzene rings is 3. The second kappa shape index (κ2) is 9.97. The average molecular weight is 474 g/mol. The lowest BCUT2D eigenvalue weighted by atomic mass is 10.1. The molecule has 0 fully saturated rings. The van der Waals surface area contributed by atoms with Crippen LogP contribution in [0, 0.1) is 0 Å². The van der Waals surface area contributed by atoms with Crippen LogP contribution >= 0.6 is 11.3 Å². The Hall–Kier alpha value is -4.50. The number of nitrogens with one attached hydrogen (secondary N) is 1. The Labute approximate surface area is 198 Å². The van der Waals surface area contributed by atoms with Crippen molar-refractivity contribution in [3.63, 3.8) is 0 Å². The van der Waals surface area contributed by atoms with Crippen molar-refractivity contribution in [2.45, 2.75) is 0 Å². The standard InChI is InChI=1S/C25H19N3O5S/c29-22(30)14-28(20-12-8-18(9-13-20)24(32)33)25-27-21(15-34-25)16-6-10-19(11-7-16)26-23(31)17-4-2-1-3-5-17/h1-13,15H,14H2,(H,26,31)(H,29,30)(H,32,33). The minimum absolute atomic E-state index is 0.110. The predicted molar refractivity (Wildman–Crippen MR) is 130 cm³/mol. The number of hydrogen-bond acceptors (Lipinski definition) is 6. The van der Waals surface area contributed by atoms with Gasteiger partial charge in [0.1, 0.15) is 6.54 Å². The van der Waals surface area contributed by atoms with Gasteiger partial charge in [0.05, 0.1) is 11.3 Å². The van der Waals surface area contributed by atoms with Gasteiger partial charge in [0.15, 0.2) is 5.13 Å². The number of aromatic carboxylic acids is 1. The third-order valence-corrected chi connectivity index (χ3v) is 5.78. The summed E-state index contributed by atoms with van der Waals surface area (Å²) in [6, 6.07) is 22.0. The molecule has 3 N–H and O–H groups in total. The molecule has 0 unspecified atom stereocenters. The van der Waals surface area contributed by atoms with E-state index in [2.05, 4.69) is 10.3 Å². The summed E-state index contributed by atoms with van der Waals surface area (Å²) in [5.41, 5.74) is 3.28. The summed E-state index contributed by atoms with van der Waals surface area (Å²) in [6.07, 6.45) is 0. The van der Waals surface area contributed by atoms with E-state index in [1.54, 1.807) is 48.5 Å². The van der Waals surface area contributed by atoms with Crippen LogP contribution in [0.4, 0.5) is 16.5 Å². The molecule has 34 heavy (non-hydrogen) atoms. The Morgan fingerprint density at radius 2 is 1.53 bits per heavy atom. The van der Waals surface area contributed by atoms with Crippen molar-refractivity contribution in [2.24, 2.45) is 0 Å². The Balaban J connectivity index is 1.53. The summed E-state index contributed by atoms with van der Waals surface area (Å²) in [4.78, 5) is 41.0. The molecule has 3 aromatic carbocycles. The molecule has 0 aliphatic rings. The Kier molecular flexibility index (Phi) is 6.65. The fraction of sp³-hybridized carbons (Fsp3) is 0.0400. The van der Waals surface area contributed by atoms with Crippen LogP contribution < -0.4 is 10.2 Å². The average Bonchev–Trinajstić information content (AvgIpc) is 3.33. The van der Waals surface area contributed by atoms with E-state index in [1.165, 1.54) is 28.4 Å². The highest BCUT2D eigenvalue weighted by molar-refractivity contribution is 7.14. The van der Waals surface area contributed by atoms with Crippen molar-refractivity contribution in [3.8, 4) is 11.3 Å². The molecule has 0 bridgehead atoms. The predicted octanol–water partition coefficient (Wildman–Crippen LogP) is 4.98. The van der Waals surface area contributed by atoms with Crippen molar-refractivity contribution in [2.75, 3.05) is 16.8 Å². The normalized spacial score (nSPS) is 10.5. The molecule has 1 aromatic heterocycles.